The molecule has 0 fully saturated rings. The number of aromatic nitrogens is 8. The molecule has 0 atom stereocenters. The van der Waals surface area contributed by atoms with Crippen LogP contribution in [-0.4, -0.2) is 48.6 Å². The Bertz CT molecular complexity index is 1570. The smallest absolute Gasteiger partial charge is 0.261 e. The van der Waals surface area contributed by atoms with Gasteiger partial charge in [-0.05, 0) is 54.6 Å². The average molecular weight is 493 g/mol. The van der Waals surface area contributed by atoms with Gasteiger partial charge >= 0.3 is 0 Å². The van der Waals surface area contributed by atoms with E-state index in [9.17, 15) is 12.8 Å². The largest absolute Gasteiger partial charge is 0.340 e. The summed E-state index contributed by atoms with van der Waals surface area (Å²) in [5, 5.41) is 16.2. The van der Waals surface area contributed by atoms with Gasteiger partial charge in [-0.2, -0.15) is 5.21 Å². The molecule has 0 saturated carbocycles. The molecule has 0 aliphatic carbocycles. The lowest BCUT2D eigenvalue weighted by Gasteiger charge is -2.11. The number of aromatic amines is 1. The Hall–Kier alpha value is -4.72. The number of rotatable bonds is 7. The van der Waals surface area contributed by atoms with Crippen molar-refractivity contribution >= 4 is 27.2 Å². The summed E-state index contributed by atoms with van der Waals surface area (Å²) in [6.07, 6.45) is 5.07. The second-order valence-electron chi connectivity index (χ2n) is 7.31. The van der Waals surface area contributed by atoms with Crippen LogP contribution >= 0.6 is 0 Å². The minimum Gasteiger partial charge on any atom is -0.340 e. The summed E-state index contributed by atoms with van der Waals surface area (Å²) in [6, 6.07) is 11.7. The second kappa shape index (κ2) is 8.90. The molecular formula is C21H17FN10O2S. The highest BCUT2D eigenvalue weighted by Crippen LogP contribution is 2.25. The molecule has 12 nitrogen and oxygen atoms in total. The van der Waals surface area contributed by atoms with Gasteiger partial charge in [0.25, 0.3) is 10.0 Å². The van der Waals surface area contributed by atoms with Crippen LogP contribution in [0.2, 0.25) is 0 Å². The number of nitrogens with zero attached hydrogens (tertiary/aromatic N) is 7. The highest BCUT2D eigenvalue weighted by Gasteiger charge is 2.19. The predicted molar refractivity (Wildman–Crippen MR) is 124 cm³/mol. The standard InChI is InChI=1S/C21H17FN10O2S/c1-13-24-19(11-20(25-13)32-9-8-23-12-32)26-14-2-4-15(5-3-14)29-35(33,34)16-6-7-18(22)17(10-16)21-27-30-31-28-21/h2-12,29H,1H3,(H,24,25,26)(H,27,28,30,31). The molecule has 5 rings (SSSR count). The van der Waals surface area contributed by atoms with Gasteiger partial charge in [0.1, 0.15) is 29.6 Å². The normalized spacial score (nSPS) is 11.4. The molecule has 0 saturated heterocycles. The van der Waals surface area contributed by atoms with Crippen molar-refractivity contribution in [1.82, 2.24) is 40.1 Å². The lowest BCUT2D eigenvalue weighted by atomic mass is 10.2. The monoisotopic (exact) mass is 492 g/mol. The Balaban J connectivity index is 1.33. The molecule has 14 heteroatoms. The maximum atomic E-state index is 14.1. The van der Waals surface area contributed by atoms with Crippen LogP contribution in [0.5, 0.6) is 0 Å². The zero-order valence-electron chi connectivity index (χ0n) is 18.1. The number of tetrazole rings is 1. The summed E-state index contributed by atoms with van der Waals surface area (Å²) in [7, 11) is -4.00. The van der Waals surface area contributed by atoms with E-state index in [1.807, 2.05) is 0 Å². The Morgan fingerprint density at radius 3 is 2.54 bits per heavy atom. The topological polar surface area (TPSA) is 156 Å². The highest BCUT2D eigenvalue weighted by atomic mass is 32.2. The van der Waals surface area contributed by atoms with Crippen molar-refractivity contribution in [1.29, 1.82) is 0 Å². The number of hydrogen-bond acceptors (Lipinski definition) is 9. The summed E-state index contributed by atoms with van der Waals surface area (Å²) < 4.78 is 44.1. The van der Waals surface area contributed by atoms with Gasteiger partial charge in [-0.1, -0.05) is 0 Å². The van der Waals surface area contributed by atoms with Gasteiger partial charge in [0.15, 0.2) is 0 Å². The molecule has 0 aliphatic heterocycles. The summed E-state index contributed by atoms with van der Waals surface area (Å²) in [6.45, 7) is 1.78. The van der Waals surface area contributed by atoms with Crippen LogP contribution in [0.1, 0.15) is 5.82 Å². The SMILES string of the molecule is Cc1nc(Nc2ccc(NS(=O)(=O)c3ccc(F)c(-c4nn[nH]n4)c3)cc2)cc(-n2ccnc2)n1. The van der Waals surface area contributed by atoms with Crippen LogP contribution in [0, 0.1) is 12.7 Å². The van der Waals surface area contributed by atoms with Gasteiger partial charge in [-0.25, -0.2) is 27.8 Å². The number of aryl methyl sites for hydroxylation is 1. The van der Waals surface area contributed by atoms with E-state index in [1.165, 1.54) is 0 Å². The summed E-state index contributed by atoms with van der Waals surface area (Å²) >= 11 is 0. The molecule has 2 aromatic carbocycles. The first kappa shape index (κ1) is 22.1. The molecule has 3 N–H and O–H groups in total. The fourth-order valence-corrected chi connectivity index (χ4v) is 4.33. The number of benzene rings is 2. The van der Waals surface area contributed by atoms with Crippen LogP contribution in [0.3, 0.4) is 0 Å². The third kappa shape index (κ3) is 4.81. The van der Waals surface area contributed by atoms with E-state index in [-0.39, 0.29) is 16.3 Å². The van der Waals surface area contributed by atoms with Gasteiger partial charge in [0, 0.05) is 29.8 Å². The minimum atomic E-state index is -4.00. The van der Waals surface area contributed by atoms with Crippen molar-refractivity contribution in [2.45, 2.75) is 11.8 Å². The number of anilines is 3. The average Bonchev–Trinajstić information content (AvgIpc) is 3.55. The maximum absolute atomic E-state index is 14.1. The van der Waals surface area contributed by atoms with Crippen LogP contribution < -0.4 is 10.0 Å². The van der Waals surface area contributed by atoms with E-state index in [1.54, 1.807) is 60.5 Å². The second-order valence-corrected chi connectivity index (χ2v) is 9.00. The quantitative estimate of drug-likeness (QED) is 0.311. The van der Waals surface area contributed by atoms with Crippen LogP contribution in [0.25, 0.3) is 17.2 Å². The maximum Gasteiger partial charge on any atom is 0.261 e. The van der Waals surface area contributed by atoms with E-state index < -0.39 is 15.8 Å². The molecule has 5 aromatic rings. The van der Waals surface area contributed by atoms with Crippen molar-refractivity contribution in [2.75, 3.05) is 10.0 Å². The molecule has 3 aromatic heterocycles. The summed E-state index contributed by atoms with van der Waals surface area (Å²) in [5.74, 6) is 1.07. The summed E-state index contributed by atoms with van der Waals surface area (Å²) in [4.78, 5) is 12.6. The molecular weight excluding hydrogens is 475 g/mol. The summed E-state index contributed by atoms with van der Waals surface area (Å²) in [5.41, 5.74) is 0.916. The molecule has 35 heavy (non-hydrogen) atoms. The van der Waals surface area contributed by atoms with Crippen molar-refractivity contribution < 1.29 is 12.8 Å². The molecule has 0 spiro atoms. The van der Waals surface area contributed by atoms with Gasteiger partial charge in [0.2, 0.25) is 5.82 Å². The zero-order valence-corrected chi connectivity index (χ0v) is 18.9. The molecule has 0 bridgehead atoms. The number of imidazole rings is 1. The van der Waals surface area contributed by atoms with E-state index >= 15 is 0 Å². The minimum absolute atomic E-state index is 0.0499. The fourth-order valence-electron chi connectivity index (χ4n) is 3.25. The lowest BCUT2D eigenvalue weighted by molar-refractivity contribution is 0.600. The Morgan fingerprint density at radius 2 is 1.83 bits per heavy atom. The predicted octanol–water partition coefficient (Wildman–Crippen LogP) is 2.83. The Kier molecular flexibility index (Phi) is 5.62. The van der Waals surface area contributed by atoms with Gasteiger partial charge < -0.3 is 5.32 Å². The molecule has 0 radical (unpaired) electrons. The molecule has 3 heterocycles. The Labute approximate surface area is 198 Å². The zero-order chi connectivity index (χ0) is 24.4. The number of sulfonamides is 1. The van der Waals surface area contributed by atoms with Gasteiger partial charge in [0.05, 0.1) is 10.5 Å². The first-order valence-corrected chi connectivity index (χ1v) is 11.6. The van der Waals surface area contributed by atoms with Crippen molar-refractivity contribution in [3.63, 3.8) is 0 Å². The fraction of sp³-hybridized carbons (Fsp3) is 0.0476. The van der Waals surface area contributed by atoms with Crippen molar-refractivity contribution in [2.24, 2.45) is 0 Å². The number of hydrogen-bond donors (Lipinski definition) is 3. The van der Waals surface area contributed by atoms with E-state index in [0.717, 1.165) is 18.2 Å². The molecule has 176 valence electrons. The van der Waals surface area contributed by atoms with E-state index in [4.69, 9.17) is 0 Å². The third-order valence-corrected chi connectivity index (χ3v) is 6.22. The van der Waals surface area contributed by atoms with E-state index in [2.05, 4.69) is 45.6 Å². The number of H-pyrrole nitrogens is 1. The Morgan fingerprint density at radius 1 is 1.03 bits per heavy atom. The van der Waals surface area contributed by atoms with Gasteiger partial charge in [-0.15, -0.1) is 10.2 Å². The molecule has 0 aliphatic rings. The van der Waals surface area contributed by atoms with E-state index in [0.29, 0.717) is 28.8 Å². The van der Waals surface area contributed by atoms with Crippen molar-refractivity contribution in [3.8, 4) is 17.2 Å². The van der Waals surface area contributed by atoms with Crippen molar-refractivity contribution in [3.05, 3.63) is 78.9 Å². The van der Waals surface area contributed by atoms with Crippen LogP contribution in [0.4, 0.5) is 21.6 Å². The van der Waals surface area contributed by atoms with Crippen LogP contribution in [0.15, 0.2) is 72.1 Å². The molecule has 0 unspecified atom stereocenters. The first-order valence-electron chi connectivity index (χ1n) is 10.1. The highest BCUT2D eigenvalue weighted by molar-refractivity contribution is 7.92. The first-order chi connectivity index (χ1) is 16.9. The van der Waals surface area contributed by atoms with Crippen LogP contribution in [-0.2, 0) is 10.0 Å². The number of nitrogens with one attached hydrogen (secondary N) is 3. The number of halogens is 1. The third-order valence-electron chi connectivity index (χ3n) is 4.84. The lowest BCUT2D eigenvalue weighted by Crippen LogP contribution is -2.13. The van der Waals surface area contributed by atoms with Gasteiger partial charge in [-0.3, -0.25) is 9.29 Å². The molecule has 0 amide bonds.